The van der Waals surface area contributed by atoms with Crippen LogP contribution in [0.4, 0.5) is 14.5 Å². The Hall–Kier alpha value is -2.32. The van der Waals surface area contributed by atoms with Crippen LogP contribution in [0.3, 0.4) is 0 Å². The average molecular weight is 382 g/mol. The number of carbonyl (C=O) groups is 1. The number of benzene rings is 2. The summed E-state index contributed by atoms with van der Waals surface area (Å²) in [6, 6.07) is 7.12. The summed E-state index contributed by atoms with van der Waals surface area (Å²) in [6.07, 6.45) is 0. The summed E-state index contributed by atoms with van der Waals surface area (Å²) < 4.78 is 53.6. The third-order valence-electron chi connectivity index (χ3n) is 3.38. The monoisotopic (exact) mass is 382 g/mol. The molecule has 2 N–H and O–H groups in total. The van der Waals surface area contributed by atoms with Crippen LogP contribution in [0.25, 0.3) is 0 Å². The van der Waals surface area contributed by atoms with Crippen LogP contribution in [0.1, 0.15) is 36.7 Å². The fraction of sp³-hybridized carbons (Fsp3) is 0.278. The number of carbonyl (C=O) groups excluding carboxylic acids is 1. The van der Waals surface area contributed by atoms with Gasteiger partial charge in [0.05, 0.1) is 4.90 Å². The highest BCUT2D eigenvalue weighted by atomic mass is 32.2. The molecule has 0 saturated carbocycles. The lowest BCUT2D eigenvalue weighted by Crippen LogP contribution is -2.40. The first-order chi connectivity index (χ1) is 11.9. The number of hydrogen-bond acceptors (Lipinski definition) is 3. The van der Waals surface area contributed by atoms with Crippen molar-refractivity contribution in [2.45, 2.75) is 38.1 Å². The SMILES string of the molecule is Cc1ccc(S(=O)(=O)NC(C)(C)C)cc1C(=O)Nc1ccc(F)c(F)c1. The molecule has 0 heterocycles. The molecule has 1 amide bonds. The number of sulfonamides is 1. The lowest BCUT2D eigenvalue weighted by atomic mass is 10.1. The van der Waals surface area contributed by atoms with E-state index in [2.05, 4.69) is 10.0 Å². The molecule has 2 aromatic rings. The van der Waals surface area contributed by atoms with E-state index < -0.39 is 33.1 Å². The summed E-state index contributed by atoms with van der Waals surface area (Å²) in [5, 5.41) is 2.43. The van der Waals surface area contributed by atoms with E-state index in [1.54, 1.807) is 27.7 Å². The van der Waals surface area contributed by atoms with Crippen LogP contribution in [0.15, 0.2) is 41.3 Å². The molecule has 2 aromatic carbocycles. The maximum atomic E-state index is 13.3. The van der Waals surface area contributed by atoms with Gasteiger partial charge in [0, 0.05) is 22.9 Å². The van der Waals surface area contributed by atoms with Gasteiger partial charge in [0.1, 0.15) is 0 Å². The molecule has 8 heteroatoms. The second kappa shape index (κ2) is 7.13. The standard InChI is InChI=1S/C18H20F2N2O3S/c1-11-5-7-13(26(24,25)22-18(2,3)4)10-14(11)17(23)21-12-6-8-15(19)16(20)9-12/h5-10,22H,1-4H3,(H,21,23). The predicted molar refractivity (Wildman–Crippen MR) is 95.6 cm³/mol. The van der Waals surface area contributed by atoms with Crippen molar-refractivity contribution >= 4 is 21.6 Å². The largest absolute Gasteiger partial charge is 0.322 e. The van der Waals surface area contributed by atoms with E-state index in [9.17, 15) is 22.0 Å². The van der Waals surface area contributed by atoms with Crippen molar-refractivity contribution in [2.24, 2.45) is 0 Å². The summed E-state index contributed by atoms with van der Waals surface area (Å²) in [5.74, 6) is -2.74. The topological polar surface area (TPSA) is 75.3 Å². The van der Waals surface area contributed by atoms with Crippen molar-refractivity contribution in [3.05, 3.63) is 59.2 Å². The fourth-order valence-corrected chi connectivity index (χ4v) is 3.69. The Morgan fingerprint density at radius 1 is 1.00 bits per heavy atom. The van der Waals surface area contributed by atoms with Crippen LogP contribution in [-0.2, 0) is 10.0 Å². The van der Waals surface area contributed by atoms with E-state index in [0.717, 1.165) is 12.1 Å². The number of rotatable bonds is 4. The van der Waals surface area contributed by atoms with Crippen molar-refractivity contribution in [2.75, 3.05) is 5.32 Å². The third kappa shape index (κ3) is 4.86. The zero-order valence-electron chi connectivity index (χ0n) is 14.9. The minimum atomic E-state index is -3.82. The molecule has 0 spiro atoms. The third-order valence-corrected chi connectivity index (χ3v) is 5.14. The Morgan fingerprint density at radius 2 is 1.65 bits per heavy atom. The quantitative estimate of drug-likeness (QED) is 0.848. The van der Waals surface area contributed by atoms with Gasteiger partial charge >= 0.3 is 0 Å². The van der Waals surface area contributed by atoms with Gasteiger partial charge in [-0.2, -0.15) is 0 Å². The van der Waals surface area contributed by atoms with Crippen LogP contribution in [0.2, 0.25) is 0 Å². The first-order valence-corrected chi connectivity index (χ1v) is 9.28. The van der Waals surface area contributed by atoms with Crippen LogP contribution < -0.4 is 10.0 Å². The van der Waals surface area contributed by atoms with Gasteiger partial charge in [0.25, 0.3) is 5.91 Å². The molecule has 0 radical (unpaired) electrons. The second-order valence-electron chi connectivity index (χ2n) is 6.92. The normalized spacial score (nSPS) is 12.1. The Bertz CT molecular complexity index is 951. The molecule has 5 nitrogen and oxygen atoms in total. The number of aryl methyl sites for hydroxylation is 1. The Labute approximate surface area is 151 Å². The highest BCUT2D eigenvalue weighted by Crippen LogP contribution is 2.20. The molecular formula is C18H20F2N2O3S. The van der Waals surface area contributed by atoms with E-state index in [1.165, 1.54) is 24.3 Å². The number of hydrogen-bond donors (Lipinski definition) is 2. The number of amides is 1. The molecule has 0 saturated heterocycles. The highest BCUT2D eigenvalue weighted by molar-refractivity contribution is 7.89. The smallest absolute Gasteiger partial charge is 0.255 e. The molecular weight excluding hydrogens is 362 g/mol. The van der Waals surface area contributed by atoms with E-state index in [1.807, 2.05) is 0 Å². The van der Waals surface area contributed by atoms with Crippen molar-refractivity contribution in [1.29, 1.82) is 0 Å². The molecule has 2 rings (SSSR count). The Morgan fingerprint density at radius 3 is 2.23 bits per heavy atom. The molecule has 0 bridgehead atoms. The van der Waals surface area contributed by atoms with Gasteiger partial charge in [-0.3, -0.25) is 4.79 Å². The summed E-state index contributed by atoms with van der Waals surface area (Å²) in [4.78, 5) is 12.4. The maximum Gasteiger partial charge on any atom is 0.255 e. The Balaban J connectivity index is 2.34. The predicted octanol–water partition coefficient (Wildman–Crippen LogP) is 3.60. The lowest BCUT2D eigenvalue weighted by molar-refractivity contribution is 0.102. The second-order valence-corrected chi connectivity index (χ2v) is 8.60. The van der Waals surface area contributed by atoms with Gasteiger partial charge in [-0.05, 0) is 57.5 Å². The van der Waals surface area contributed by atoms with E-state index in [-0.39, 0.29) is 16.1 Å². The number of nitrogens with one attached hydrogen (secondary N) is 2. The minimum absolute atomic E-state index is 0.0616. The van der Waals surface area contributed by atoms with Crippen LogP contribution >= 0.6 is 0 Å². The van der Waals surface area contributed by atoms with Crippen molar-refractivity contribution in [3.8, 4) is 0 Å². The summed E-state index contributed by atoms with van der Waals surface area (Å²) in [6.45, 7) is 6.76. The number of halogens is 2. The summed E-state index contributed by atoms with van der Waals surface area (Å²) in [5.41, 5.74) is 0.0401. The fourth-order valence-electron chi connectivity index (χ4n) is 2.25. The molecule has 0 aliphatic heterocycles. The molecule has 0 aliphatic carbocycles. The molecule has 0 fully saturated rings. The molecule has 0 aliphatic rings. The molecule has 0 aromatic heterocycles. The van der Waals surface area contributed by atoms with Gasteiger partial charge < -0.3 is 5.32 Å². The van der Waals surface area contributed by atoms with E-state index in [0.29, 0.717) is 5.56 Å². The minimum Gasteiger partial charge on any atom is -0.322 e. The molecule has 0 unspecified atom stereocenters. The van der Waals surface area contributed by atoms with Gasteiger partial charge in [-0.25, -0.2) is 21.9 Å². The van der Waals surface area contributed by atoms with E-state index >= 15 is 0 Å². The average Bonchev–Trinajstić information content (AvgIpc) is 2.48. The molecule has 26 heavy (non-hydrogen) atoms. The molecule has 140 valence electrons. The Kier molecular flexibility index (Phi) is 5.48. The van der Waals surface area contributed by atoms with Crippen LogP contribution in [0.5, 0.6) is 0 Å². The van der Waals surface area contributed by atoms with Gasteiger partial charge in [0.2, 0.25) is 10.0 Å². The summed E-state index contributed by atoms with van der Waals surface area (Å²) in [7, 11) is -3.82. The highest BCUT2D eigenvalue weighted by Gasteiger charge is 2.23. The van der Waals surface area contributed by atoms with Crippen LogP contribution in [0, 0.1) is 18.6 Å². The van der Waals surface area contributed by atoms with Crippen LogP contribution in [-0.4, -0.2) is 19.9 Å². The van der Waals surface area contributed by atoms with Crippen molar-refractivity contribution in [3.63, 3.8) is 0 Å². The first kappa shape index (κ1) is 20.0. The van der Waals surface area contributed by atoms with Gasteiger partial charge in [0.15, 0.2) is 11.6 Å². The number of anilines is 1. The summed E-state index contributed by atoms with van der Waals surface area (Å²) >= 11 is 0. The van der Waals surface area contributed by atoms with E-state index in [4.69, 9.17) is 0 Å². The van der Waals surface area contributed by atoms with Gasteiger partial charge in [-0.1, -0.05) is 6.07 Å². The first-order valence-electron chi connectivity index (χ1n) is 7.80. The lowest BCUT2D eigenvalue weighted by Gasteiger charge is -2.20. The van der Waals surface area contributed by atoms with Crippen molar-refractivity contribution in [1.82, 2.24) is 4.72 Å². The van der Waals surface area contributed by atoms with Crippen molar-refractivity contribution < 1.29 is 22.0 Å². The van der Waals surface area contributed by atoms with Gasteiger partial charge in [-0.15, -0.1) is 0 Å². The zero-order valence-corrected chi connectivity index (χ0v) is 15.7. The zero-order chi connectivity index (χ0) is 19.7. The maximum absolute atomic E-state index is 13.3. The molecule has 0 atom stereocenters.